The fourth-order valence-electron chi connectivity index (χ4n) is 2.15. The highest BCUT2D eigenvalue weighted by Crippen LogP contribution is 2.34. The molecule has 0 spiro atoms. The summed E-state index contributed by atoms with van der Waals surface area (Å²) in [6, 6.07) is 8.32. The molecule has 23 heavy (non-hydrogen) atoms. The van der Waals surface area contributed by atoms with E-state index in [2.05, 4.69) is 20.9 Å². The van der Waals surface area contributed by atoms with Crippen LogP contribution in [0.2, 0.25) is 0 Å². The van der Waals surface area contributed by atoms with Gasteiger partial charge in [-0.1, -0.05) is 12.1 Å². The number of aromatic amines is 1. The van der Waals surface area contributed by atoms with Gasteiger partial charge in [0.05, 0.1) is 12.7 Å². The third kappa shape index (κ3) is 2.68. The number of nitrogens with two attached hydrogens (primary N) is 1. The van der Waals surface area contributed by atoms with Crippen molar-refractivity contribution in [2.45, 2.75) is 0 Å². The Morgan fingerprint density at radius 2 is 1.96 bits per heavy atom. The van der Waals surface area contributed by atoms with Crippen LogP contribution < -0.4 is 11.3 Å². The zero-order valence-corrected chi connectivity index (χ0v) is 13.4. The smallest absolute Gasteiger partial charge is 0.339 e. The first-order valence-electron chi connectivity index (χ1n) is 6.19. The van der Waals surface area contributed by atoms with Crippen LogP contribution in [0.1, 0.15) is 21.5 Å². The Morgan fingerprint density at radius 3 is 2.52 bits per heavy atom. The van der Waals surface area contributed by atoms with Gasteiger partial charge in [-0.25, -0.2) is 4.79 Å². The minimum absolute atomic E-state index is 0.00190. The summed E-state index contributed by atoms with van der Waals surface area (Å²) in [5.74, 6) is -0.860. The van der Waals surface area contributed by atoms with Crippen molar-refractivity contribution in [1.29, 1.82) is 10.5 Å². The number of carbonyl (C=O) groups excluding carboxylic acids is 1. The van der Waals surface area contributed by atoms with E-state index in [-0.39, 0.29) is 33.6 Å². The van der Waals surface area contributed by atoms with Gasteiger partial charge < -0.3 is 15.5 Å². The molecule has 0 aliphatic rings. The van der Waals surface area contributed by atoms with Gasteiger partial charge in [0.1, 0.15) is 29.1 Å². The number of rotatable bonds is 2. The van der Waals surface area contributed by atoms with E-state index >= 15 is 0 Å². The molecule has 2 aromatic rings. The van der Waals surface area contributed by atoms with Crippen molar-refractivity contribution in [2.75, 3.05) is 12.8 Å². The number of methoxy groups -OCH3 is 1. The van der Waals surface area contributed by atoms with Crippen LogP contribution in [0.25, 0.3) is 11.1 Å². The highest BCUT2D eigenvalue weighted by Gasteiger charge is 2.24. The zero-order chi connectivity index (χ0) is 17.1. The van der Waals surface area contributed by atoms with Gasteiger partial charge in [0.2, 0.25) is 0 Å². The molecule has 2 rings (SSSR count). The summed E-state index contributed by atoms with van der Waals surface area (Å²) in [4.78, 5) is 26.3. The minimum Gasteiger partial charge on any atom is -0.465 e. The van der Waals surface area contributed by atoms with Crippen molar-refractivity contribution in [3.63, 3.8) is 0 Å². The van der Waals surface area contributed by atoms with Crippen LogP contribution in [0, 0.1) is 22.7 Å². The van der Waals surface area contributed by atoms with Crippen molar-refractivity contribution in [2.24, 2.45) is 0 Å². The van der Waals surface area contributed by atoms with Gasteiger partial charge in [0, 0.05) is 15.6 Å². The number of nitrogen functional groups attached to an aromatic ring is 1. The van der Waals surface area contributed by atoms with Crippen LogP contribution in [0.3, 0.4) is 0 Å². The number of esters is 1. The number of carbonyl (C=O) groups is 1. The van der Waals surface area contributed by atoms with Crippen molar-refractivity contribution < 1.29 is 9.53 Å². The summed E-state index contributed by atoms with van der Waals surface area (Å²) in [7, 11) is 1.20. The average molecular weight is 373 g/mol. The van der Waals surface area contributed by atoms with Crippen LogP contribution in [0.15, 0.2) is 27.5 Å². The van der Waals surface area contributed by atoms with Crippen LogP contribution in [0.5, 0.6) is 0 Å². The van der Waals surface area contributed by atoms with E-state index in [9.17, 15) is 20.1 Å². The molecule has 0 aliphatic carbocycles. The van der Waals surface area contributed by atoms with Gasteiger partial charge in [-0.2, -0.15) is 10.5 Å². The van der Waals surface area contributed by atoms with Crippen LogP contribution in [0.4, 0.5) is 5.82 Å². The monoisotopic (exact) mass is 372 g/mol. The lowest BCUT2D eigenvalue weighted by Crippen LogP contribution is -2.17. The quantitative estimate of drug-likeness (QED) is 0.773. The lowest BCUT2D eigenvalue weighted by atomic mass is 9.93. The molecule has 7 nitrogen and oxygen atoms in total. The number of hydrogen-bond donors (Lipinski definition) is 2. The summed E-state index contributed by atoms with van der Waals surface area (Å²) in [5, 5.41) is 18.6. The molecule has 0 unspecified atom stereocenters. The first-order chi connectivity index (χ1) is 11.0. The van der Waals surface area contributed by atoms with Crippen molar-refractivity contribution in [1.82, 2.24) is 4.98 Å². The Morgan fingerprint density at radius 1 is 1.30 bits per heavy atom. The van der Waals surface area contributed by atoms with E-state index in [4.69, 9.17) is 10.5 Å². The molecule has 1 aromatic carbocycles. The predicted molar refractivity (Wildman–Crippen MR) is 85.4 cm³/mol. The number of nitriles is 2. The number of nitrogens with one attached hydrogen (secondary N) is 1. The second kappa shape index (κ2) is 6.34. The molecular formula is C15H9BrN4O3. The molecule has 0 bridgehead atoms. The molecule has 114 valence electrons. The van der Waals surface area contributed by atoms with Crippen molar-refractivity contribution in [3.05, 3.63) is 49.7 Å². The Labute approximate surface area is 139 Å². The number of benzene rings is 1. The largest absolute Gasteiger partial charge is 0.465 e. The molecule has 0 aliphatic heterocycles. The Hall–Kier alpha value is -3.10. The number of hydrogen-bond acceptors (Lipinski definition) is 6. The lowest BCUT2D eigenvalue weighted by Gasteiger charge is -2.13. The number of nitrogens with zero attached hydrogens (tertiary/aromatic N) is 2. The summed E-state index contributed by atoms with van der Waals surface area (Å²) in [6.07, 6.45) is 0. The first kappa shape index (κ1) is 16.3. The Kier molecular flexibility index (Phi) is 4.49. The van der Waals surface area contributed by atoms with Gasteiger partial charge in [0.25, 0.3) is 5.56 Å². The standard InChI is InChI=1S/C15H9BrN4O3/c1-23-15(22)12-7(3-2-4-10(12)16)11-8(5-17)13(19)20-14(21)9(11)6-18/h2-4H,1H3,(H3,19,20,21). The van der Waals surface area contributed by atoms with E-state index < -0.39 is 11.5 Å². The van der Waals surface area contributed by atoms with Gasteiger partial charge >= 0.3 is 5.97 Å². The average Bonchev–Trinajstić information content (AvgIpc) is 2.53. The highest BCUT2D eigenvalue weighted by atomic mass is 79.9. The first-order valence-corrected chi connectivity index (χ1v) is 6.98. The van der Waals surface area contributed by atoms with Crippen LogP contribution in [-0.4, -0.2) is 18.1 Å². The van der Waals surface area contributed by atoms with Gasteiger partial charge in [-0.15, -0.1) is 0 Å². The van der Waals surface area contributed by atoms with E-state index in [1.807, 2.05) is 6.07 Å². The molecule has 1 aromatic heterocycles. The molecule has 1 heterocycles. The zero-order valence-electron chi connectivity index (χ0n) is 11.8. The maximum atomic E-state index is 12.1. The Balaban J connectivity index is 3.03. The molecule has 0 saturated heterocycles. The summed E-state index contributed by atoms with van der Waals surface area (Å²) < 4.78 is 5.13. The number of ether oxygens (including phenoxy) is 1. The summed E-state index contributed by atoms with van der Waals surface area (Å²) in [5.41, 5.74) is 4.83. The van der Waals surface area contributed by atoms with E-state index in [1.165, 1.54) is 13.2 Å². The van der Waals surface area contributed by atoms with Gasteiger partial charge in [-0.05, 0) is 22.0 Å². The number of anilines is 1. The normalized spacial score (nSPS) is 9.74. The summed E-state index contributed by atoms with van der Waals surface area (Å²) in [6.45, 7) is 0. The van der Waals surface area contributed by atoms with Crippen LogP contribution in [-0.2, 0) is 4.74 Å². The second-order valence-electron chi connectivity index (χ2n) is 4.37. The van der Waals surface area contributed by atoms with Gasteiger partial charge in [0.15, 0.2) is 0 Å². The van der Waals surface area contributed by atoms with E-state index in [1.54, 1.807) is 18.2 Å². The fraction of sp³-hybridized carbons (Fsp3) is 0.0667. The van der Waals surface area contributed by atoms with E-state index in [0.717, 1.165) is 0 Å². The molecule has 0 saturated carbocycles. The number of pyridine rings is 1. The van der Waals surface area contributed by atoms with Crippen molar-refractivity contribution >= 4 is 27.7 Å². The van der Waals surface area contributed by atoms with Crippen molar-refractivity contribution in [3.8, 4) is 23.3 Å². The summed E-state index contributed by atoms with van der Waals surface area (Å²) >= 11 is 3.23. The second-order valence-corrected chi connectivity index (χ2v) is 5.22. The van der Waals surface area contributed by atoms with Gasteiger partial charge in [-0.3, -0.25) is 4.79 Å². The number of aromatic nitrogens is 1. The third-order valence-electron chi connectivity index (χ3n) is 3.14. The number of halogens is 1. The fourth-order valence-corrected chi connectivity index (χ4v) is 2.68. The topological polar surface area (TPSA) is 133 Å². The SMILES string of the molecule is COC(=O)c1c(Br)cccc1-c1c(C#N)c(N)[nH]c(=O)c1C#N. The maximum Gasteiger partial charge on any atom is 0.339 e. The molecular weight excluding hydrogens is 364 g/mol. The molecule has 0 fully saturated rings. The van der Waals surface area contributed by atoms with Crippen LogP contribution >= 0.6 is 15.9 Å². The lowest BCUT2D eigenvalue weighted by molar-refractivity contribution is 0.0600. The number of H-pyrrole nitrogens is 1. The molecule has 0 radical (unpaired) electrons. The third-order valence-corrected chi connectivity index (χ3v) is 3.80. The molecule has 8 heteroatoms. The maximum absolute atomic E-state index is 12.1. The Bertz CT molecular complexity index is 951. The molecule has 0 amide bonds. The van der Waals surface area contributed by atoms with E-state index in [0.29, 0.717) is 4.47 Å². The predicted octanol–water partition coefficient (Wildman–Crippen LogP) is 1.92. The highest BCUT2D eigenvalue weighted by molar-refractivity contribution is 9.10. The molecule has 0 atom stereocenters. The molecule has 3 N–H and O–H groups in total. The minimum atomic E-state index is -0.741.